The second-order valence-electron chi connectivity index (χ2n) is 1.70. The van der Waals surface area contributed by atoms with E-state index in [1.54, 1.807) is 7.05 Å². The van der Waals surface area contributed by atoms with Crippen molar-refractivity contribution in [2.75, 3.05) is 7.05 Å². The van der Waals surface area contributed by atoms with Crippen molar-refractivity contribution in [1.29, 1.82) is 5.41 Å². The molecule has 0 heterocycles. The Balaban J connectivity index is 3.28. The molecule has 0 aromatic carbocycles. The molecule has 0 saturated carbocycles. The fourth-order valence-corrected chi connectivity index (χ4v) is 0.373. The van der Waals surface area contributed by atoms with E-state index in [1.807, 2.05) is 0 Å². The highest BCUT2D eigenvalue weighted by atomic mass is 16.1. The van der Waals surface area contributed by atoms with Crippen LogP contribution in [-0.4, -0.2) is 18.8 Å². The van der Waals surface area contributed by atoms with Gasteiger partial charge in [0.25, 0.3) is 0 Å². The van der Waals surface area contributed by atoms with Crippen molar-refractivity contribution >= 4 is 11.7 Å². The first-order chi connectivity index (χ1) is 4.16. The van der Waals surface area contributed by atoms with E-state index in [-0.39, 0.29) is 11.7 Å². The van der Waals surface area contributed by atoms with Crippen LogP contribution >= 0.6 is 0 Å². The number of nitrogens with two attached hydrogens (primary N) is 1. The molecule has 0 radical (unpaired) electrons. The summed E-state index contributed by atoms with van der Waals surface area (Å²) in [4.78, 5) is 10.5. The van der Waals surface area contributed by atoms with Gasteiger partial charge in [0.05, 0.1) is 5.84 Å². The SMILES string of the molecule is CNC(=O)CCC(=N)N. The van der Waals surface area contributed by atoms with Gasteiger partial charge in [-0.15, -0.1) is 0 Å². The lowest BCUT2D eigenvalue weighted by atomic mass is 10.3. The van der Waals surface area contributed by atoms with Crippen LogP contribution < -0.4 is 11.1 Å². The van der Waals surface area contributed by atoms with Crippen LogP contribution in [0.25, 0.3) is 0 Å². The Morgan fingerprint density at radius 1 is 1.67 bits per heavy atom. The summed E-state index contributed by atoms with van der Waals surface area (Å²) >= 11 is 0. The average Bonchev–Trinajstić information content (AvgIpc) is 1.83. The van der Waals surface area contributed by atoms with Gasteiger partial charge in [-0.1, -0.05) is 0 Å². The highest BCUT2D eigenvalue weighted by molar-refractivity contribution is 5.83. The van der Waals surface area contributed by atoms with Gasteiger partial charge in [-0.25, -0.2) is 0 Å². The second kappa shape index (κ2) is 3.88. The summed E-state index contributed by atoms with van der Waals surface area (Å²) in [6.07, 6.45) is 0.658. The van der Waals surface area contributed by atoms with Crippen molar-refractivity contribution < 1.29 is 4.79 Å². The van der Waals surface area contributed by atoms with Gasteiger partial charge in [-0.3, -0.25) is 10.2 Å². The Bertz CT molecular complexity index is 121. The molecular weight excluding hydrogens is 118 g/mol. The Morgan fingerprint density at radius 3 is 2.56 bits per heavy atom. The third-order valence-corrected chi connectivity index (χ3v) is 0.900. The van der Waals surface area contributed by atoms with E-state index in [9.17, 15) is 4.79 Å². The smallest absolute Gasteiger partial charge is 0.220 e. The maximum absolute atomic E-state index is 10.5. The minimum atomic E-state index is -0.0785. The lowest BCUT2D eigenvalue weighted by Crippen LogP contribution is -2.20. The normalized spacial score (nSPS) is 8.56. The number of hydrogen-bond donors (Lipinski definition) is 3. The molecule has 0 aromatic heterocycles. The molecule has 0 aliphatic heterocycles. The van der Waals surface area contributed by atoms with Gasteiger partial charge in [0.2, 0.25) is 5.91 Å². The minimum Gasteiger partial charge on any atom is -0.388 e. The van der Waals surface area contributed by atoms with E-state index < -0.39 is 0 Å². The molecule has 4 heteroatoms. The number of nitrogens with one attached hydrogen (secondary N) is 2. The topological polar surface area (TPSA) is 79.0 Å². The number of hydrogen-bond acceptors (Lipinski definition) is 2. The summed E-state index contributed by atoms with van der Waals surface area (Å²) < 4.78 is 0. The quantitative estimate of drug-likeness (QED) is 0.353. The third kappa shape index (κ3) is 4.80. The molecule has 4 nitrogen and oxygen atoms in total. The van der Waals surface area contributed by atoms with Gasteiger partial charge in [-0.05, 0) is 0 Å². The lowest BCUT2D eigenvalue weighted by Gasteiger charge is -1.95. The van der Waals surface area contributed by atoms with Gasteiger partial charge in [-0.2, -0.15) is 0 Å². The van der Waals surface area contributed by atoms with E-state index in [2.05, 4.69) is 5.32 Å². The van der Waals surface area contributed by atoms with Crippen LogP contribution in [-0.2, 0) is 4.79 Å². The van der Waals surface area contributed by atoms with Crippen molar-refractivity contribution in [3.63, 3.8) is 0 Å². The highest BCUT2D eigenvalue weighted by Crippen LogP contribution is 1.85. The molecule has 0 aliphatic carbocycles. The van der Waals surface area contributed by atoms with Gasteiger partial charge >= 0.3 is 0 Å². The zero-order chi connectivity index (χ0) is 7.28. The van der Waals surface area contributed by atoms with Crippen LogP contribution in [0.4, 0.5) is 0 Å². The number of amides is 1. The Kier molecular flexibility index (Phi) is 3.43. The van der Waals surface area contributed by atoms with Gasteiger partial charge in [0.1, 0.15) is 0 Å². The molecule has 4 N–H and O–H groups in total. The maximum Gasteiger partial charge on any atom is 0.220 e. The first-order valence-corrected chi connectivity index (χ1v) is 2.70. The first kappa shape index (κ1) is 7.94. The molecule has 0 atom stereocenters. The van der Waals surface area contributed by atoms with Gasteiger partial charge < -0.3 is 11.1 Å². The van der Waals surface area contributed by atoms with Crippen molar-refractivity contribution in [3.8, 4) is 0 Å². The fraction of sp³-hybridized carbons (Fsp3) is 0.600. The van der Waals surface area contributed by atoms with Gasteiger partial charge in [0, 0.05) is 19.9 Å². The zero-order valence-corrected chi connectivity index (χ0v) is 5.40. The highest BCUT2D eigenvalue weighted by Gasteiger charge is 1.96. The summed E-state index contributed by atoms with van der Waals surface area (Å²) in [5, 5.41) is 9.19. The molecule has 0 aliphatic rings. The van der Waals surface area contributed by atoms with Crippen LogP contribution in [0.2, 0.25) is 0 Å². The molecule has 0 spiro atoms. The van der Waals surface area contributed by atoms with Crippen molar-refractivity contribution in [2.45, 2.75) is 12.8 Å². The summed E-state index contributed by atoms with van der Waals surface area (Å²) in [6.45, 7) is 0. The lowest BCUT2D eigenvalue weighted by molar-refractivity contribution is -0.120. The fourth-order valence-electron chi connectivity index (χ4n) is 0.373. The Morgan fingerprint density at radius 2 is 2.22 bits per heavy atom. The number of carbonyl (C=O) groups is 1. The predicted molar refractivity (Wildman–Crippen MR) is 35.2 cm³/mol. The van der Waals surface area contributed by atoms with Crippen LogP contribution in [0.5, 0.6) is 0 Å². The second-order valence-corrected chi connectivity index (χ2v) is 1.70. The summed E-state index contributed by atoms with van der Waals surface area (Å²) in [6, 6.07) is 0. The molecule has 9 heavy (non-hydrogen) atoms. The average molecular weight is 129 g/mol. The molecule has 0 fully saturated rings. The molecule has 0 saturated heterocycles. The van der Waals surface area contributed by atoms with Crippen LogP contribution in [0.1, 0.15) is 12.8 Å². The largest absolute Gasteiger partial charge is 0.388 e. The van der Waals surface area contributed by atoms with Crippen LogP contribution in [0, 0.1) is 5.41 Å². The third-order valence-electron chi connectivity index (χ3n) is 0.900. The zero-order valence-electron chi connectivity index (χ0n) is 5.40. The van der Waals surface area contributed by atoms with E-state index in [1.165, 1.54) is 0 Å². The molecule has 52 valence electrons. The molecule has 0 unspecified atom stereocenters. The summed E-state index contributed by atoms with van der Waals surface area (Å²) in [7, 11) is 1.56. The van der Waals surface area contributed by atoms with Crippen molar-refractivity contribution in [2.24, 2.45) is 5.73 Å². The monoisotopic (exact) mass is 129 g/mol. The van der Waals surface area contributed by atoms with E-state index in [0.717, 1.165) is 0 Å². The predicted octanol–water partition coefficient (Wildman–Crippen LogP) is -0.551. The molecule has 0 rings (SSSR count). The van der Waals surface area contributed by atoms with Crippen molar-refractivity contribution in [3.05, 3.63) is 0 Å². The standard InChI is InChI=1S/C5H11N3O/c1-8-5(9)3-2-4(6)7/h2-3H2,1H3,(H3,6,7)(H,8,9). The van der Waals surface area contributed by atoms with Crippen molar-refractivity contribution in [1.82, 2.24) is 5.32 Å². The van der Waals surface area contributed by atoms with Crippen LogP contribution in [0.15, 0.2) is 0 Å². The molecule has 1 amide bonds. The Hall–Kier alpha value is -1.06. The van der Waals surface area contributed by atoms with E-state index in [4.69, 9.17) is 11.1 Å². The van der Waals surface area contributed by atoms with E-state index in [0.29, 0.717) is 12.8 Å². The van der Waals surface area contributed by atoms with E-state index >= 15 is 0 Å². The summed E-state index contributed by atoms with van der Waals surface area (Å²) in [5.74, 6) is -0.0243. The van der Waals surface area contributed by atoms with Gasteiger partial charge in [0.15, 0.2) is 0 Å². The first-order valence-electron chi connectivity index (χ1n) is 2.70. The Labute approximate surface area is 53.9 Å². The van der Waals surface area contributed by atoms with Crippen LogP contribution in [0.3, 0.4) is 0 Å². The molecule has 0 bridgehead atoms. The maximum atomic E-state index is 10.5. The number of rotatable bonds is 3. The minimum absolute atomic E-state index is 0.0543. The molecular formula is C5H11N3O. The molecule has 0 aromatic rings. The summed E-state index contributed by atoms with van der Waals surface area (Å²) in [5.41, 5.74) is 5.00. The number of carbonyl (C=O) groups excluding carboxylic acids is 1. The number of amidine groups is 1.